The van der Waals surface area contributed by atoms with Crippen LogP contribution in [-0.2, 0) is 0 Å². The minimum atomic E-state index is -0.448. The lowest BCUT2D eigenvalue weighted by Crippen LogP contribution is -2.39. The Bertz CT molecular complexity index is 704. The van der Waals surface area contributed by atoms with E-state index in [-0.39, 0.29) is 11.7 Å². The lowest BCUT2D eigenvalue weighted by molar-refractivity contribution is 0.0646. The van der Waals surface area contributed by atoms with Gasteiger partial charge >= 0.3 is 5.63 Å². The van der Waals surface area contributed by atoms with Crippen molar-refractivity contribution in [1.82, 2.24) is 4.90 Å². The highest BCUT2D eigenvalue weighted by molar-refractivity contribution is 5.95. The Hall–Kier alpha value is -2.10. The van der Waals surface area contributed by atoms with Crippen molar-refractivity contribution in [2.75, 3.05) is 13.1 Å². The van der Waals surface area contributed by atoms with Crippen molar-refractivity contribution in [1.29, 1.82) is 0 Å². The molecule has 1 aliphatic rings. The summed E-state index contributed by atoms with van der Waals surface area (Å²) in [7, 11) is 0. The van der Waals surface area contributed by atoms with E-state index in [1.165, 1.54) is 0 Å². The maximum absolute atomic E-state index is 12.4. The molecule has 0 radical (unpaired) electrons. The van der Waals surface area contributed by atoms with Crippen molar-refractivity contribution in [3.05, 3.63) is 46.5 Å². The van der Waals surface area contributed by atoms with Gasteiger partial charge in [0.15, 0.2) is 5.76 Å². The summed E-state index contributed by atoms with van der Waals surface area (Å²) in [5.41, 5.74) is -0.448. The molecule has 1 fully saturated rings. The Morgan fingerprint density at radius 1 is 1.35 bits per heavy atom. The van der Waals surface area contributed by atoms with Crippen LogP contribution in [0.4, 0.5) is 0 Å². The second kappa shape index (κ2) is 5.12. The Balaban J connectivity index is 1.97. The largest absolute Gasteiger partial charge is 0.417 e. The zero-order valence-corrected chi connectivity index (χ0v) is 11.5. The van der Waals surface area contributed by atoms with Crippen LogP contribution in [0.25, 0.3) is 10.8 Å². The average Bonchev–Trinajstić information content (AvgIpc) is 2.46. The first kappa shape index (κ1) is 12.9. The molecule has 104 valence electrons. The highest BCUT2D eigenvalue weighted by atomic mass is 16.4. The van der Waals surface area contributed by atoms with Crippen LogP contribution in [0, 0.1) is 5.92 Å². The van der Waals surface area contributed by atoms with Gasteiger partial charge in [0.1, 0.15) is 0 Å². The van der Waals surface area contributed by atoms with Crippen LogP contribution in [0.1, 0.15) is 30.3 Å². The SMILES string of the molecule is CC1CCCN(C(=O)c2cc3ccccc3c(=O)o2)C1. The third-order valence-corrected chi connectivity index (χ3v) is 3.82. The van der Waals surface area contributed by atoms with Crippen LogP contribution in [0.3, 0.4) is 0 Å². The van der Waals surface area contributed by atoms with Gasteiger partial charge in [0.2, 0.25) is 0 Å². The molecule has 0 bridgehead atoms. The molecule has 1 saturated heterocycles. The Labute approximate surface area is 117 Å². The standard InChI is InChI=1S/C16H17NO3/c1-11-5-4-8-17(10-11)15(18)14-9-12-6-2-3-7-13(12)16(19)20-14/h2-3,6-7,9,11H,4-5,8,10H2,1H3. The van der Waals surface area contributed by atoms with Gasteiger partial charge in [-0.2, -0.15) is 0 Å². The molecular weight excluding hydrogens is 254 g/mol. The third-order valence-electron chi connectivity index (χ3n) is 3.82. The van der Waals surface area contributed by atoms with Gasteiger partial charge in [-0.15, -0.1) is 0 Å². The molecule has 1 aromatic carbocycles. The van der Waals surface area contributed by atoms with E-state index in [9.17, 15) is 9.59 Å². The molecule has 1 atom stereocenters. The normalized spacial score (nSPS) is 19.2. The number of hydrogen-bond acceptors (Lipinski definition) is 3. The topological polar surface area (TPSA) is 50.5 Å². The highest BCUT2D eigenvalue weighted by Gasteiger charge is 2.24. The van der Waals surface area contributed by atoms with Gasteiger partial charge in [0.05, 0.1) is 5.39 Å². The number of amides is 1. The first-order valence-corrected chi connectivity index (χ1v) is 6.97. The molecule has 20 heavy (non-hydrogen) atoms. The van der Waals surface area contributed by atoms with Crippen LogP contribution in [-0.4, -0.2) is 23.9 Å². The lowest BCUT2D eigenvalue weighted by atomic mass is 10.00. The van der Waals surface area contributed by atoms with Crippen molar-refractivity contribution >= 4 is 16.7 Å². The highest BCUT2D eigenvalue weighted by Crippen LogP contribution is 2.19. The molecule has 2 aromatic rings. The number of likely N-dealkylation sites (tertiary alicyclic amines) is 1. The number of fused-ring (bicyclic) bond motifs is 1. The molecule has 3 rings (SSSR count). The Morgan fingerprint density at radius 3 is 2.95 bits per heavy atom. The fourth-order valence-electron chi connectivity index (χ4n) is 2.77. The molecule has 1 aromatic heterocycles. The van der Waals surface area contributed by atoms with Gasteiger partial charge in [0.25, 0.3) is 5.91 Å². The molecule has 0 aliphatic carbocycles. The molecular formula is C16H17NO3. The Kier molecular flexibility index (Phi) is 3.30. The number of hydrogen-bond donors (Lipinski definition) is 0. The number of carbonyl (C=O) groups is 1. The first-order chi connectivity index (χ1) is 9.65. The molecule has 0 N–H and O–H groups in total. The summed E-state index contributed by atoms with van der Waals surface area (Å²) in [4.78, 5) is 26.1. The minimum absolute atomic E-state index is 0.141. The molecule has 1 aliphatic heterocycles. The van der Waals surface area contributed by atoms with Crippen molar-refractivity contribution in [3.8, 4) is 0 Å². The van der Waals surface area contributed by atoms with Gasteiger partial charge in [0, 0.05) is 13.1 Å². The van der Waals surface area contributed by atoms with Gasteiger partial charge in [-0.3, -0.25) is 4.79 Å². The van der Waals surface area contributed by atoms with Gasteiger partial charge in [-0.25, -0.2) is 4.79 Å². The summed E-state index contributed by atoms with van der Waals surface area (Å²) in [5, 5.41) is 1.26. The molecule has 1 unspecified atom stereocenters. The minimum Gasteiger partial charge on any atom is -0.417 e. The predicted molar refractivity (Wildman–Crippen MR) is 76.8 cm³/mol. The molecule has 4 heteroatoms. The third kappa shape index (κ3) is 2.33. The van der Waals surface area contributed by atoms with E-state index in [0.717, 1.165) is 31.3 Å². The van der Waals surface area contributed by atoms with Crippen molar-refractivity contribution in [3.63, 3.8) is 0 Å². The number of benzene rings is 1. The molecule has 4 nitrogen and oxygen atoms in total. The van der Waals surface area contributed by atoms with E-state index in [4.69, 9.17) is 4.42 Å². The summed E-state index contributed by atoms with van der Waals surface area (Å²) in [6, 6.07) is 8.82. The zero-order valence-electron chi connectivity index (χ0n) is 11.5. The summed E-state index contributed by atoms with van der Waals surface area (Å²) >= 11 is 0. The van der Waals surface area contributed by atoms with Crippen LogP contribution in [0.5, 0.6) is 0 Å². The zero-order chi connectivity index (χ0) is 14.1. The smallest absolute Gasteiger partial charge is 0.344 e. The van der Waals surface area contributed by atoms with E-state index < -0.39 is 5.63 Å². The van der Waals surface area contributed by atoms with Gasteiger partial charge < -0.3 is 9.32 Å². The number of rotatable bonds is 1. The fraction of sp³-hybridized carbons (Fsp3) is 0.375. The second-order valence-electron chi connectivity index (χ2n) is 5.48. The van der Waals surface area contributed by atoms with Crippen LogP contribution in [0.2, 0.25) is 0 Å². The second-order valence-corrected chi connectivity index (χ2v) is 5.48. The summed E-state index contributed by atoms with van der Waals surface area (Å²) < 4.78 is 5.19. The monoisotopic (exact) mass is 271 g/mol. The van der Waals surface area contributed by atoms with E-state index in [0.29, 0.717) is 11.3 Å². The first-order valence-electron chi connectivity index (χ1n) is 6.97. The van der Waals surface area contributed by atoms with E-state index in [1.807, 2.05) is 12.1 Å². The van der Waals surface area contributed by atoms with Crippen LogP contribution in [0.15, 0.2) is 39.5 Å². The van der Waals surface area contributed by atoms with Crippen molar-refractivity contribution in [2.45, 2.75) is 19.8 Å². The van der Waals surface area contributed by atoms with E-state index in [1.54, 1.807) is 23.1 Å². The molecule has 0 saturated carbocycles. The van der Waals surface area contributed by atoms with Crippen molar-refractivity contribution < 1.29 is 9.21 Å². The molecule has 2 heterocycles. The molecule has 1 amide bonds. The maximum atomic E-state index is 12.4. The summed E-state index contributed by atoms with van der Waals surface area (Å²) in [6.45, 7) is 3.60. The summed E-state index contributed by atoms with van der Waals surface area (Å²) in [5.74, 6) is 0.460. The van der Waals surface area contributed by atoms with Gasteiger partial charge in [-0.1, -0.05) is 25.1 Å². The number of piperidine rings is 1. The molecule has 0 spiro atoms. The van der Waals surface area contributed by atoms with Crippen LogP contribution >= 0.6 is 0 Å². The average molecular weight is 271 g/mol. The van der Waals surface area contributed by atoms with E-state index in [2.05, 4.69) is 6.92 Å². The maximum Gasteiger partial charge on any atom is 0.344 e. The quantitative estimate of drug-likeness (QED) is 0.801. The van der Waals surface area contributed by atoms with Crippen LogP contribution < -0.4 is 5.63 Å². The fourth-order valence-corrected chi connectivity index (χ4v) is 2.77. The lowest BCUT2D eigenvalue weighted by Gasteiger charge is -2.30. The van der Waals surface area contributed by atoms with Crippen molar-refractivity contribution in [2.24, 2.45) is 5.92 Å². The van der Waals surface area contributed by atoms with E-state index >= 15 is 0 Å². The predicted octanol–water partition coefficient (Wildman–Crippen LogP) is 2.67. The summed E-state index contributed by atoms with van der Waals surface area (Å²) in [6.07, 6.45) is 2.15. The number of carbonyl (C=O) groups excluding carboxylic acids is 1. The number of nitrogens with zero attached hydrogens (tertiary/aromatic N) is 1. The van der Waals surface area contributed by atoms with Gasteiger partial charge in [-0.05, 0) is 36.3 Å². The Morgan fingerprint density at radius 2 is 2.15 bits per heavy atom.